The second-order valence-corrected chi connectivity index (χ2v) is 10.3. The number of imidazole rings is 1. The normalized spacial score (nSPS) is 22.4. The van der Waals surface area contributed by atoms with Gasteiger partial charge in [-0.05, 0) is 31.0 Å². The minimum Gasteiger partial charge on any atom is -0.380 e. The molecule has 0 bridgehead atoms. The highest BCUT2D eigenvalue weighted by Gasteiger charge is 2.53. The lowest BCUT2D eigenvalue weighted by Gasteiger charge is -2.58. The number of fused-ring (bicyclic) bond motifs is 1. The fraction of sp³-hybridized carbons (Fsp3) is 0.440. The van der Waals surface area contributed by atoms with Crippen LogP contribution < -0.4 is 4.90 Å². The number of pyridine rings is 1. The Morgan fingerprint density at radius 1 is 1.05 bits per heavy atom. The summed E-state index contributed by atoms with van der Waals surface area (Å²) < 4.78 is 46.8. The van der Waals surface area contributed by atoms with E-state index in [-0.39, 0.29) is 6.04 Å². The van der Waals surface area contributed by atoms with Gasteiger partial charge in [0.1, 0.15) is 17.2 Å². The Hall–Kier alpha value is -3.51. The third kappa shape index (κ3) is 3.86. The lowest BCUT2D eigenvalue weighted by Crippen LogP contribution is -2.63. The second-order valence-electron chi connectivity index (χ2n) is 10.3. The maximum absolute atomic E-state index is 13.3. The highest BCUT2D eigenvalue weighted by Crippen LogP contribution is 2.51. The number of piperazine rings is 1. The SMILES string of the molecule is FC(F)(F)c1ccc2ncc(-c3nccc(N4CCN(C5CC6(COC6)C5)C(c5cn[nH]c5)C4)n3)n2c1. The molecule has 3 aliphatic rings. The first-order valence-electron chi connectivity index (χ1n) is 12.3. The fourth-order valence-electron chi connectivity index (χ4n) is 5.95. The summed E-state index contributed by atoms with van der Waals surface area (Å²) in [5, 5.41) is 7.13. The average molecular weight is 511 g/mol. The van der Waals surface area contributed by atoms with Crippen molar-refractivity contribution in [1.82, 2.24) is 34.4 Å². The van der Waals surface area contributed by atoms with Crippen molar-refractivity contribution < 1.29 is 17.9 Å². The van der Waals surface area contributed by atoms with Crippen molar-refractivity contribution in [2.45, 2.75) is 31.1 Å². The lowest BCUT2D eigenvalue weighted by atomic mass is 9.63. The molecule has 1 N–H and O–H groups in total. The van der Waals surface area contributed by atoms with Crippen molar-refractivity contribution in [1.29, 1.82) is 0 Å². The summed E-state index contributed by atoms with van der Waals surface area (Å²) in [6, 6.07) is 4.90. The number of anilines is 1. The number of halogens is 3. The van der Waals surface area contributed by atoms with Gasteiger partial charge in [-0.25, -0.2) is 15.0 Å². The molecule has 12 heteroatoms. The molecular formula is C25H25F3N8O. The highest BCUT2D eigenvalue weighted by atomic mass is 19.4. The predicted molar refractivity (Wildman–Crippen MR) is 128 cm³/mol. The van der Waals surface area contributed by atoms with Gasteiger partial charge >= 0.3 is 6.18 Å². The molecule has 7 rings (SSSR count). The third-order valence-electron chi connectivity index (χ3n) is 7.98. The average Bonchev–Trinajstić information content (AvgIpc) is 3.52. The van der Waals surface area contributed by atoms with Crippen LogP contribution in [-0.4, -0.2) is 73.3 Å². The molecule has 2 saturated heterocycles. The molecule has 3 fully saturated rings. The molecule has 192 valence electrons. The highest BCUT2D eigenvalue weighted by molar-refractivity contribution is 5.59. The molecular weight excluding hydrogens is 485 g/mol. The monoisotopic (exact) mass is 510 g/mol. The number of ether oxygens (including phenoxy) is 1. The Labute approximate surface area is 210 Å². The molecule has 1 spiro atoms. The number of aromatic nitrogens is 6. The third-order valence-corrected chi connectivity index (χ3v) is 7.98. The minimum atomic E-state index is -4.45. The van der Waals surface area contributed by atoms with E-state index in [4.69, 9.17) is 9.72 Å². The topological polar surface area (TPSA) is 87.5 Å². The van der Waals surface area contributed by atoms with E-state index < -0.39 is 11.7 Å². The maximum Gasteiger partial charge on any atom is 0.417 e. The van der Waals surface area contributed by atoms with Gasteiger partial charge in [0.05, 0.1) is 37.2 Å². The van der Waals surface area contributed by atoms with Gasteiger partial charge in [0.25, 0.3) is 0 Å². The van der Waals surface area contributed by atoms with Crippen LogP contribution in [0.4, 0.5) is 19.0 Å². The Bertz CT molecular complexity index is 1420. The van der Waals surface area contributed by atoms with E-state index in [1.165, 1.54) is 16.7 Å². The standard InChI is InChI=1S/C25H25F3N8O/c26-25(27,28)17-1-2-21-30-11-19(36(21)12-17)23-29-4-3-22(33-23)34-5-6-35(18-7-24(8-18)14-37-15-24)20(13-34)16-9-31-32-10-16/h1-4,9-12,18,20H,5-8,13-15H2,(H,31,32). The van der Waals surface area contributed by atoms with Crippen LogP contribution in [0, 0.1) is 5.41 Å². The first-order chi connectivity index (χ1) is 17.9. The minimum absolute atomic E-state index is 0.152. The fourth-order valence-corrected chi connectivity index (χ4v) is 5.95. The number of aromatic amines is 1. The maximum atomic E-state index is 13.3. The van der Waals surface area contributed by atoms with Crippen LogP contribution >= 0.6 is 0 Å². The molecule has 2 aliphatic heterocycles. The number of nitrogens with zero attached hydrogens (tertiary/aromatic N) is 7. The molecule has 9 nitrogen and oxygen atoms in total. The number of H-pyrrole nitrogens is 1. The second kappa shape index (κ2) is 8.25. The van der Waals surface area contributed by atoms with Crippen LogP contribution in [0.5, 0.6) is 0 Å². The Morgan fingerprint density at radius 3 is 2.65 bits per heavy atom. The molecule has 1 aliphatic carbocycles. The van der Waals surface area contributed by atoms with Gasteiger partial charge in [0.2, 0.25) is 0 Å². The molecule has 1 unspecified atom stereocenters. The zero-order valence-corrected chi connectivity index (χ0v) is 19.9. The van der Waals surface area contributed by atoms with Crippen LogP contribution in [0.25, 0.3) is 17.2 Å². The summed E-state index contributed by atoms with van der Waals surface area (Å²) in [6.07, 6.45) is 5.90. The van der Waals surface area contributed by atoms with E-state index in [0.717, 1.165) is 69.3 Å². The van der Waals surface area contributed by atoms with Gasteiger partial charge in [0.15, 0.2) is 5.82 Å². The number of hydrogen-bond acceptors (Lipinski definition) is 7. The number of rotatable bonds is 4. The van der Waals surface area contributed by atoms with Gasteiger partial charge in [-0.3, -0.25) is 14.4 Å². The molecule has 0 radical (unpaired) electrons. The number of hydrogen-bond donors (Lipinski definition) is 1. The van der Waals surface area contributed by atoms with Crippen molar-refractivity contribution in [2.24, 2.45) is 5.41 Å². The van der Waals surface area contributed by atoms with E-state index in [9.17, 15) is 13.2 Å². The van der Waals surface area contributed by atoms with Gasteiger partial charge in [-0.15, -0.1) is 0 Å². The summed E-state index contributed by atoms with van der Waals surface area (Å²) in [5.41, 5.74) is 1.58. The van der Waals surface area contributed by atoms with Gasteiger partial charge in [-0.1, -0.05) is 0 Å². The molecule has 4 aromatic rings. The van der Waals surface area contributed by atoms with Gasteiger partial charge < -0.3 is 9.64 Å². The Morgan fingerprint density at radius 2 is 1.92 bits per heavy atom. The van der Waals surface area contributed by atoms with Crippen molar-refractivity contribution in [3.8, 4) is 11.5 Å². The van der Waals surface area contributed by atoms with Gasteiger partial charge in [-0.2, -0.15) is 18.3 Å². The van der Waals surface area contributed by atoms with Crippen LogP contribution in [-0.2, 0) is 10.9 Å². The van der Waals surface area contributed by atoms with Crippen LogP contribution in [0.15, 0.2) is 49.2 Å². The number of alkyl halides is 3. The summed E-state index contributed by atoms with van der Waals surface area (Å²) >= 11 is 0. The van der Waals surface area contributed by atoms with Crippen molar-refractivity contribution in [3.63, 3.8) is 0 Å². The summed E-state index contributed by atoms with van der Waals surface area (Å²) in [4.78, 5) is 18.2. The molecule has 1 saturated carbocycles. The summed E-state index contributed by atoms with van der Waals surface area (Å²) in [6.45, 7) is 4.13. The van der Waals surface area contributed by atoms with Crippen LogP contribution in [0.1, 0.15) is 30.0 Å². The summed E-state index contributed by atoms with van der Waals surface area (Å²) in [5.74, 6) is 1.06. The van der Waals surface area contributed by atoms with E-state index >= 15 is 0 Å². The molecule has 0 amide bonds. The smallest absolute Gasteiger partial charge is 0.380 e. The van der Waals surface area contributed by atoms with E-state index in [0.29, 0.717) is 28.6 Å². The first-order valence-corrected chi connectivity index (χ1v) is 12.3. The quantitative estimate of drug-likeness (QED) is 0.449. The molecule has 1 atom stereocenters. The molecule has 0 aromatic carbocycles. The van der Waals surface area contributed by atoms with Gasteiger partial charge in [0, 0.05) is 55.2 Å². The summed E-state index contributed by atoms with van der Waals surface area (Å²) in [7, 11) is 0. The predicted octanol–water partition coefficient (Wildman–Crippen LogP) is 3.58. The Balaban J connectivity index is 1.16. The number of nitrogens with one attached hydrogen (secondary N) is 1. The van der Waals surface area contributed by atoms with Crippen LogP contribution in [0.2, 0.25) is 0 Å². The lowest BCUT2D eigenvalue weighted by molar-refractivity contribution is -0.189. The van der Waals surface area contributed by atoms with Crippen molar-refractivity contribution >= 4 is 11.5 Å². The largest absolute Gasteiger partial charge is 0.417 e. The molecule has 6 heterocycles. The zero-order chi connectivity index (χ0) is 25.2. The molecule has 4 aromatic heterocycles. The van der Waals surface area contributed by atoms with E-state index in [1.807, 2.05) is 18.5 Å². The van der Waals surface area contributed by atoms with Crippen molar-refractivity contribution in [2.75, 3.05) is 37.7 Å². The van der Waals surface area contributed by atoms with Crippen LogP contribution in [0.3, 0.4) is 0 Å². The Kier molecular flexibility index (Phi) is 5.05. The zero-order valence-electron chi connectivity index (χ0n) is 19.9. The first kappa shape index (κ1) is 22.7. The van der Waals surface area contributed by atoms with Crippen molar-refractivity contribution in [3.05, 3.63) is 60.3 Å². The van der Waals surface area contributed by atoms with E-state index in [2.05, 4.69) is 30.0 Å². The van der Waals surface area contributed by atoms with E-state index in [1.54, 1.807) is 6.20 Å². The molecule has 37 heavy (non-hydrogen) atoms.